The van der Waals surface area contributed by atoms with Crippen LogP contribution in [0.2, 0.25) is 0 Å². The molecule has 3 rings (SSSR count). The van der Waals surface area contributed by atoms with Crippen LogP contribution in [0.15, 0.2) is 29.9 Å². The molecule has 0 bridgehead atoms. The van der Waals surface area contributed by atoms with Crippen LogP contribution in [-0.4, -0.2) is 20.5 Å². The van der Waals surface area contributed by atoms with Crippen molar-refractivity contribution in [3.63, 3.8) is 0 Å². The number of hydrogen-bond donors (Lipinski definition) is 1. The number of aryl methyl sites for hydroxylation is 1. The second-order valence-electron chi connectivity index (χ2n) is 4.12. The molecule has 0 aliphatic carbocycles. The average molecular weight is 283 g/mol. The van der Waals surface area contributed by atoms with Gasteiger partial charge in [-0.25, -0.2) is 9.50 Å². The van der Waals surface area contributed by atoms with E-state index in [1.165, 1.54) is 17.5 Å². The fourth-order valence-corrected chi connectivity index (χ4v) is 2.44. The third-order valence-electron chi connectivity index (χ3n) is 2.77. The first-order chi connectivity index (χ1) is 9.69. The lowest BCUT2D eigenvalue weighted by atomic mass is 10.3. The van der Waals surface area contributed by atoms with Crippen LogP contribution in [0.5, 0.6) is 0 Å². The zero-order valence-electron chi connectivity index (χ0n) is 10.5. The van der Waals surface area contributed by atoms with Crippen LogP contribution in [0, 0.1) is 18.3 Å². The number of amides is 1. The van der Waals surface area contributed by atoms with Crippen LogP contribution >= 0.6 is 11.3 Å². The molecule has 3 aromatic rings. The third kappa shape index (κ3) is 2.02. The van der Waals surface area contributed by atoms with Crippen LogP contribution in [0.25, 0.3) is 5.65 Å². The van der Waals surface area contributed by atoms with Gasteiger partial charge in [0.25, 0.3) is 5.91 Å². The van der Waals surface area contributed by atoms with Gasteiger partial charge in [0, 0.05) is 11.9 Å². The summed E-state index contributed by atoms with van der Waals surface area (Å²) >= 11 is 1.28. The van der Waals surface area contributed by atoms with Gasteiger partial charge in [0.05, 0.1) is 11.9 Å². The largest absolute Gasteiger partial charge is 0.320 e. The third-order valence-corrected chi connectivity index (χ3v) is 3.59. The number of hydrogen-bond acceptors (Lipinski definition) is 5. The highest BCUT2D eigenvalue weighted by Crippen LogP contribution is 2.22. The van der Waals surface area contributed by atoms with Gasteiger partial charge in [0.2, 0.25) is 0 Å². The number of anilines is 1. The summed E-state index contributed by atoms with van der Waals surface area (Å²) in [6.07, 6.45) is 3.22. The second-order valence-corrected chi connectivity index (χ2v) is 5.04. The molecule has 0 spiro atoms. The molecule has 0 aromatic carbocycles. The summed E-state index contributed by atoms with van der Waals surface area (Å²) in [6, 6.07) is 5.55. The molecule has 3 heterocycles. The number of carbonyl (C=O) groups is 1. The van der Waals surface area contributed by atoms with Crippen LogP contribution in [0.3, 0.4) is 0 Å². The predicted molar refractivity (Wildman–Crippen MR) is 74.7 cm³/mol. The fraction of sp³-hybridized carbons (Fsp3) is 0.0769. The van der Waals surface area contributed by atoms with Crippen molar-refractivity contribution in [2.45, 2.75) is 6.92 Å². The molecule has 20 heavy (non-hydrogen) atoms. The minimum absolute atomic E-state index is 0.326. The molecule has 0 unspecified atom stereocenters. The van der Waals surface area contributed by atoms with Crippen LogP contribution in [0.4, 0.5) is 5.69 Å². The standard InChI is InChI=1S/C13H9N5OS/c1-8-2-4-18-12(16-8)9(7-15-18)13(19)17-10-3-5-20-11(10)6-14/h2-5,7H,1H3,(H,17,19). The van der Waals surface area contributed by atoms with Crippen molar-refractivity contribution in [1.82, 2.24) is 14.6 Å². The van der Waals surface area contributed by atoms with Gasteiger partial charge in [-0.05, 0) is 24.4 Å². The highest BCUT2D eigenvalue weighted by atomic mass is 32.1. The summed E-state index contributed by atoms with van der Waals surface area (Å²) in [5.41, 5.74) is 2.19. The topological polar surface area (TPSA) is 83.1 Å². The summed E-state index contributed by atoms with van der Waals surface area (Å²) in [5, 5.41) is 17.5. The number of aromatic nitrogens is 3. The normalized spacial score (nSPS) is 10.4. The molecular formula is C13H9N5OS. The van der Waals surface area contributed by atoms with E-state index >= 15 is 0 Å². The van der Waals surface area contributed by atoms with Crippen molar-refractivity contribution >= 4 is 28.6 Å². The predicted octanol–water partition coefficient (Wildman–Crippen LogP) is 2.22. The number of rotatable bonds is 2. The molecule has 98 valence electrons. The Morgan fingerprint density at radius 1 is 1.50 bits per heavy atom. The van der Waals surface area contributed by atoms with Gasteiger partial charge in [-0.3, -0.25) is 4.79 Å². The zero-order chi connectivity index (χ0) is 14.1. The molecule has 1 N–H and O–H groups in total. The minimum Gasteiger partial charge on any atom is -0.320 e. The van der Waals surface area contributed by atoms with Gasteiger partial charge >= 0.3 is 0 Å². The lowest BCUT2D eigenvalue weighted by molar-refractivity contribution is 0.102. The van der Waals surface area contributed by atoms with Crippen molar-refractivity contribution < 1.29 is 4.79 Å². The lowest BCUT2D eigenvalue weighted by Gasteiger charge is -2.02. The number of carbonyl (C=O) groups excluding carboxylic acids is 1. The Morgan fingerprint density at radius 2 is 2.35 bits per heavy atom. The number of nitriles is 1. The Kier molecular flexibility index (Phi) is 2.93. The molecule has 0 radical (unpaired) electrons. The number of fused-ring (bicyclic) bond motifs is 1. The molecule has 7 heteroatoms. The highest BCUT2D eigenvalue weighted by Gasteiger charge is 2.16. The van der Waals surface area contributed by atoms with Gasteiger partial charge < -0.3 is 5.32 Å². The average Bonchev–Trinajstić information content (AvgIpc) is 3.04. The molecule has 0 saturated heterocycles. The number of thiophene rings is 1. The molecule has 0 saturated carbocycles. The van der Waals surface area contributed by atoms with Crippen molar-refractivity contribution in [3.05, 3.63) is 46.0 Å². The molecule has 0 aliphatic heterocycles. The van der Waals surface area contributed by atoms with Crippen LogP contribution in [-0.2, 0) is 0 Å². The monoisotopic (exact) mass is 283 g/mol. The Hall–Kier alpha value is -2.72. The van der Waals surface area contributed by atoms with Crippen molar-refractivity contribution in [2.75, 3.05) is 5.32 Å². The van der Waals surface area contributed by atoms with E-state index in [1.807, 2.05) is 19.1 Å². The van der Waals surface area contributed by atoms with E-state index in [0.29, 0.717) is 21.8 Å². The van der Waals surface area contributed by atoms with E-state index in [1.54, 1.807) is 22.2 Å². The molecule has 0 fully saturated rings. The lowest BCUT2D eigenvalue weighted by Crippen LogP contribution is -2.12. The van der Waals surface area contributed by atoms with Gasteiger partial charge in [0.15, 0.2) is 5.65 Å². The van der Waals surface area contributed by atoms with E-state index in [0.717, 1.165) is 5.69 Å². The SMILES string of the molecule is Cc1ccn2ncc(C(=O)Nc3ccsc3C#N)c2n1. The molecule has 3 aromatic heterocycles. The zero-order valence-corrected chi connectivity index (χ0v) is 11.3. The summed E-state index contributed by atoms with van der Waals surface area (Å²) in [7, 11) is 0. The van der Waals surface area contributed by atoms with E-state index < -0.39 is 0 Å². The number of nitrogens with zero attached hydrogens (tertiary/aromatic N) is 4. The van der Waals surface area contributed by atoms with E-state index in [-0.39, 0.29) is 5.91 Å². The maximum Gasteiger partial charge on any atom is 0.261 e. The summed E-state index contributed by atoms with van der Waals surface area (Å²) in [4.78, 5) is 17.0. The van der Waals surface area contributed by atoms with Gasteiger partial charge in [0.1, 0.15) is 16.5 Å². The van der Waals surface area contributed by atoms with Crippen molar-refractivity contribution in [3.8, 4) is 6.07 Å². The quantitative estimate of drug-likeness (QED) is 0.781. The van der Waals surface area contributed by atoms with Crippen LogP contribution < -0.4 is 5.32 Å². The van der Waals surface area contributed by atoms with Gasteiger partial charge in [-0.15, -0.1) is 11.3 Å². The number of nitrogens with one attached hydrogen (secondary N) is 1. The second kappa shape index (κ2) is 4.75. The molecule has 1 amide bonds. The summed E-state index contributed by atoms with van der Waals surface area (Å²) < 4.78 is 1.54. The fourth-order valence-electron chi connectivity index (χ4n) is 1.80. The molecular weight excluding hydrogens is 274 g/mol. The van der Waals surface area contributed by atoms with E-state index in [2.05, 4.69) is 15.4 Å². The Labute approximate surface area is 118 Å². The Morgan fingerprint density at radius 3 is 3.15 bits per heavy atom. The summed E-state index contributed by atoms with van der Waals surface area (Å²) in [5.74, 6) is -0.326. The minimum atomic E-state index is -0.326. The first-order valence-corrected chi connectivity index (χ1v) is 6.67. The van der Waals surface area contributed by atoms with Crippen LogP contribution in [0.1, 0.15) is 20.9 Å². The van der Waals surface area contributed by atoms with Crippen molar-refractivity contribution in [2.24, 2.45) is 0 Å². The maximum atomic E-state index is 12.3. The van der Waals surface area contributed by atoms with Gasteiger partial charge in [-0.1, -0.05) is 0 Å². The Balaban J connectivity index is 1.97. The molecule has 0 atom stereocenters. The molecule has 6 nitrogen and oxygen atoms in total. The Bertz CT molecular complexity index is 842. The highest BCUT2D eigenvalue weighted by molar-refractivity contribution is 7.11. The first-order valence-electron chi connectivity index (χ1n) is 5.79. The van der Waals surface area contributed by atoms with Crippen molar-refractivity contribution in [1.29, 1.82) is 5.26 Å². The smallest absolute Gasteiger partial charge is 0.261 e. The first kappa shape index (κ1) is 12.3. The summed E-state index contributed by atoms with van der Waals surface area (Å²) in [6.45, 7) is 1.85. The molecule has 0 aliphatic rings. The van der Waals surface area contributed by atoms with E-state index in [9.17, 15) is 4.79 Å². The maximum absolute atomic E-state index is 12.3. The van der Waals surface area contributed by atoms with Gasteiger partial charge in [-0.2, -0.15) is 10.4 Å². The van der Waals surface area contributed by atoms with E-state index in [4.69, 9.17) is 5.26 Å².